The molecule has 21 heavy (non-hydrogen) atoms. The van der Waals surface area contributed by atoms with Crippen LogP contribution in [0, 0.1) is 5.92 Å². The second kappa shape index (κ2) is 8.92. The minimum Gasteiger partial charge on any atom is -0.494 e. The third-order valence-electron chi connectivity index (χ3n) is 4.62. The molecule has 0 bridgehead atoms. The number of allylic oxidation sites excluding steroid dienone is 2. The third kappa shape index (κ3) is 5.57. The smallest absolute Gasteiger partial charge is 0.119 e. The second-order valence-corrected chi connectivity index (χ2v) is 6.26. The van der Waals surface area contributed by atoms with Gasteiger partial charge in [-0.05, 0) is 62.1 Å². The summed E-state index contributed by atoms with van der Waals surface area (Å²) in [7, 11) is 0. The van der Waals surface area contributed by atoms with Crippen molar-refractivity contribution in [2.24, 2.45) is 5.92 Å². The molecule has 1 aliphatic rings. The van der Waals surface area contributed by atoms with Gasteiger partial charge in [0.1, 0.15) is 5.75 Å². The number of hydrogen-bond donors (Lipinski definition) is 0. The molecule has 0 saturated heterocycles. The predicted octanol–water partition coefficient (Wildman–Crippen LogP) is 5.93. The molecule has 0 spiro atoms. The Hall–Kier alpha value is -1.24. The van der Waals surface area contributed by atoms with Gasteiger partial charge in [0.05, 0.1) is 6.61 Å². The van der Waals surface area contributed by atoms with Crippen molar-refractivity contribution in [3.05, 3.63) is 41.5 Å². The van der Waals surface area contributed by atoms with Crippen LogP contribution in [-0.4, -0.2) is 6.61 Å². The van der Waals surface area contributed by atoms with Crippen molar-refractivity contribution >= 4 is 0 Å². The zero-order valence-corrected chi connectivity index (χ0v) is 13.7. The zero-order chi connectivity index (χ0) is 14.9. The summed E-state index contributed by atoms with van der Waals surface area (Å²) < 4.78 is 5.71. The van der Waals surface area contributed by atoms with Gasteiger partial charge in [-0.3, -0.25) is 0 Å². The average Bonchev–Trinajstić information content (AvgIpc) is 2.55. The molecule has 0 amide bonds. The van der Waals surface area contributed by atoms with Gasteiger partial charge in [-0.15, -0.1) is 0 Å². The first-order valence-electron chi connectivity index (χ1n) is 8.71. The Kier molecular flexibility index (Phi) is 6.85. The van der Waals surface area contributed by atoms with Crippen molar-refractivity contribution in [1.82, 2.24) is 0 Å². The molecule has 0 aromatic heterocycles. The summed E-state index contributed by atoms with van der Waals surface area (Å²) in [5.74, 6) is 1.95. The Morgan fingerprint density at radius 3 is 2.52 bits per heavy atom. The lowest BCUT2D eigenvalue weighted by molar-refractivity contribution is 0.309. The first-order valence-corrected chi connectivity index (χ1v) is 8.71. The molecule has 0 heterocycles. The van der Waals surface area contributed by atoms with Crippen LogP contribution in [-0.2, 0) is 6.42 Å². The van der Waals surface area contributed by atoms with E-state index >= 15 is 0 Å². The molecule has 0 saturated carbocycles. The van der Waals surface area contributed by atoms with E-state index in [1.54, 1.807) is 5.57 Å². The number of hydrogen-bond acceptors (Lipinski definition) is 1. The second-order valence-electron chi connectivity index (χ2n) is 6.26. The van der Waals surface area contributed by atoms with Crippen LogP contribution in [0.2, 0.25) is 0 Å². The molecule has 0 fully saturated rings. The number of benzene rings is 1. The van der Waals surface area contributed by atoms with Gasteiger partial charge in [-0.2, -0.15) is 0 Å². The molecule has 1 aromatic carbocycles. The van der Waals surface area contributed by atoms with Gasteiger partial charge in [0, 0.05) is 0 Å². The molecule has 1 aliphatic carbocycles. The summed E-state index contributed by atoms with van der Waals surface area (Å²) in [4.78, 5) is 0. The van der Waals surface area contributed by atoms with Crippen LogP contribution in [0.15, 0.2) is 35.9 Å². The highest BCUT2D eigenvalue weighted by molar-refractivity contribution is 5.28. The minimum absolute atomic E-state index is 0.835. The predicted molar refractivity (Wildman–Crippen MR) is 90.9 cm³/mol. The van der Waals surface area contributed by atoms with Gasteiger partial charge in [-0.1, -0.05) is 50.5 Å². The lowest BCUT2D eigenvalue weighted by Crippen LogP contribution is -2.05. The number of unbranched alkanes of at least 4 members (excludes halogenated alkanes) is 1. The SMILES string of the molecule is CCCCOc1ccc(CCC2=CCC(CC)CC2)cc1. The van der Waals surface area contributed by atoms with Crippen LogP contribution in [0.5, 0.6) is 5.75 Å². The molecular weight excluding hydrogens is 256 g/mol. The molecule has 0 N–H and O–H groups in total. The lowest BCUT2D eigenvalue weighted by atomic mass is 9.86. The van der Waals surface area contributed by atoms with E-state index in [2.05, 4.69) is 44.2 Å². The van der Waals surface area contributed by atoms with Crippen molar-refractivity contribution in [1.29, 1.82) is 0 Å². The van der Waals surface area contributed by atoms with Crippen molar-refractivity contribution in [3.8, 4) is 5.75 Å². The number of ether oxygens (including phenoxy) is 1. The van der Waals surface area contributed by atoms with Crippen molar-refractivity contribution in [2.75, 3.05) is 6.61 Å². The largest absolute Gasteiger partial charge is 0.494 e. The maximum atomic E-state index is 5.71. The van der Waals surface area contributed by atoms with E-state index in [0.29, 0.717) is 0 Å². The fourth-order valence-corrected chi connectivity index (χ4v) is 2.93. The lowest BCUT2D eigenvalue weighted by Gasteiger charge is -2.20. The van der Waals surface area contributed by atoms with E-state index in [1.807, 2.05) is 0 Å². The van der Waals surface area contributed by atoms with E-state index in [-0.39, 0.29) is 0 Å². The average molecular weight is 286 g/mol. The highest BCUT2D eigenvalue weighted by Crippen LogP contribution is 2.28. The summed E-state index contributed by atoms with van der Waals surface area (Å²) in [5, 5.41) is 0. The molecule has 1 atom stereocenters. The molecular formula is C20H30O. The van der Waals surface area contributed by atoms with Crippen LogP contribution < -0.4 is 4.74 Å². The van der Waals surface area contributed by atoms with Crippen LogP contribution in [0.25, 0.3) is 0 Å². The molecule has 0 radical (unpaired) electrons. The Bertz CT molecular complexity index is 430. The number of rotatable bonds is 8. The van der Waals surface area contributed by atoms with Gasteiger partial charge in [0.25, 0.3) is 0 Å². The molecule has 1 aromatic rings. The quantitative estimate of drug-likeness (QED) is 0.425. The highest BCUT2D eigenvalue weighted by Gasteiger charge is 2.12. The van der Waals surface area contributed by atoms with Crippen LogP contribution >= 0.6 is 0 Å². The van der Waals surface area contributed by atoms with Gasteiger partial charge >= 0.3 is 0 Å². The highest BCUT2D eigenvalue weighted by atomic mass is 16.5. The van der Waals surface area contributed by atoms with E-state index < -0.39 is 0 Å². The monoisotopic (exact) mass is 286 g/mol. The third-order valence-corrected chi connectivity index (χ3v) is 4.62. The Morgan fingerprint density at radius 2 is 1.90 bits per heavy atom. The Balaban J connectivity index is 1.75. The molecule has 2 rings (SSSR count). The fourth-order valence-electron chi connectivity index (χ4n) is 2.93. The molecule has 1 unspecified atom stereocenters. The maximum absolute atomic E-state index is 5.71. The molecule has 116 valence electrons. The van der Waals surface area contributed by atoms with Gasteiger partial charge in [0.2, 0.25) is 0 Å². The summed E-state index contributed by atoms with van der Waals surface area (Å²) in [6.07, 6.45) is 12.6. The fraction of sp³-hybridized carbons (Fsp3) is 0.600. The summed E-state index contributed by atoms with van der Waals surface area (Å²) in [6, 6.07) is 8.68. The van der Waals surface area contributed by atoms with E-state index in [4.69, 9.17) is 4.74 Å². The van der Waals surface area contributed by atoms with Crippen molar-refractivity contribution < 1.29 is 4.74 Å². The van der Waals surface area contributed by atoms with Crippen LogP contribution in [0.3, 0.4) is 0 Å². The summed E-state index contributed by atoms with van der Waals surface area (Å²) in [6.45, 7) is 5.34. The molecule has 0 aliphatic heterocycles. The minimum atomic E-state index is 0.835. The van der Waals surface area contributed by atoms with Gasteiger partial charge < -0.3 is 4.74 Å². The molecule has 1 nitrogen and oxygen atoms in total. The number of aryl methyl sites for hydroxylation is 1. The molecule has 1 heteroatoms. The Morgan fingerprint density at radius 1 is 1.10 bits per heavy atom. The summed E-state index contributed by atoms with van der Waals surface area (Å²) in [5.41, 5.74) is 3.10. The maximum Gasteiger partial charge on any atom is 0.119 e. The van der Waals surface area contributed by atoms with Crippen LogP contribution in [0.4, 0.5) is 0 Å². The normalized spacial score (nSPS) is 18.4. The topological polar surface area (TPSA) is 9.23 Å². The Labute approximate surface area is 130 Å². The van der Waals surface area contributed by atoms with Gasteiger partial charge in [-0.25, -0.2) is 0 Å². The van der Waals surface area contributed by atoms with Crippen molar-refractivity contribution in [2.45, 2.75) is 65.2 Å². The summed E-state index contributed by atoms with van der Waals surface area (Å²) >= 11 is 0. The van der Waals surface area contributed by atoms with E-state index in [1.165, 1.54) is 44.1 Å². The zero-order valence-electron chi connectivity index (χ0n) is 13.7. The first kappa shape index (κ1) is 16.1. The standard InChI is InChI=1S/C20H30O/c1-3-5-16-21-20-14-12-19(13-15-20)11-10-18-8-6-17(4-2)7-9-18/h8,12-15,17H,3-7,9-11,16H2,1-2H3. The first-order chi connectivity index (χ1) is 10.3. The van der Waals surface area contributed by atoms with Crippen LogP contribution in [0.1, 0.15) is 64.4 Å². The van der Waals surface area contributed by atoms with E-state index in [0.717, 1.165) is 31.1 Å². The van der Waals surface area contributed by atoms with Crippen molar-refractivity contribution in [3.63, 3.8) is 0 Å². The van der Waals surface area contributed by atoms with E-state index in [9.17, 15) is 0 Å². The van der Waals surface area contributed by atoms with Gasteiger partial charge in [0.15, 0.2) is 0 Å².